The maximum atomic E-state index is 13.0. The standard InChI is InChI=1S/C19H34N4O5S2/c1-11(2)9-12(20)16(24)22-14(10-29)18(26)23-7-4-5-15(23)17(25)21-13(19(27)28)6-8-30-3/h11-15,29H,4-10,20H2,1-3H3,(H,21,25)(H,22,24)(H,27,28). The quantitative estimate of drug-likeness (QED) is 0.259. The minimum Gasteiger partial charge on any atom is -0.480 e. The summed E-state index contributed by atoms with van der Waals surface area (Å²) >= 11 is 5.67. The molecule has 1 aliphatic heterocycles. The van der Waals surface area contributed by atoms with Crippen LogP contribution in [0, 0.1) is 5.92 Å². The normalized spacial score (nSPS) is 19.3. The SMILES string of the molecule is CSCCC(NC(=O)C1CCCN1C(=O)C(CS)NC(=O)C(N)CC(C)C)C(=O)O. The molecular weight excluding hydrogens is 428 g/mol. The lowest BCUT2D eigenvalue weighted by Gasteiger charge is -2.29. The van der Waals surface area contributed by atoms with Crippen molar-refractivity contribution in [3.63, 3.8) is 0 Å². The smallest absolute Gasteiger partial charge is 0.326 e. The Morgan fingerprint density at radius 3 is 2.43 bits per heavy atom. The predicted molar refractivity (Wildman–Crippen MR) is 121 cm³/mol. The average molecular weight is 463 g/mol. The number of nitrogens with one attached hydrogen (secondary N) is 2. The Morgan fingerprint density at radius 1 is 1.23 bits per heavy atom. The number of carbonyl (C=O) groups excluding carboxylic acids is 3. The van der Waals surface area contributed by atoms with Gasteiger partial charge < -0.3 is 26.4 Å². The van der Waals surface area contributed by atoms with Gasteiger partial charge in [0.1, 0.15) is 18.1 Å². The first-order valence-corrected chi connectivity index (χ1v) is 12.1. The molecule has 0 aromatic heterocycles. The zero-order valence-corrected chi connectivity index (χ0v) is 19.5. The molecule has 30 heavy (non-hydrogen) atoms. The summed E-state index contributed by atoms with van der Waals surface area (Å²) in [6.45, 7) is 4.26. The van der Waals surface area contributed by atoms with Gasteiger partial charge in [0, 0.05) is 12.3 Å². The van der Waals surface area contributed by atoms with E-state index in [1.807, 2.05) is 20.1 Å². The van der Waals surface area contributed by atoms with Crippen LogP contribution in [0.4, 0.5) is 0 Å². The minimum absolute atomic E-state index is 0.0648. The van der Waals surface area contributed by atoms with E-state index in [1.54, 1.807) is 0 Å². The molecule has 9 nitrogen and oxygen atoms in total. The van der Waals surface area contributed by atoms with E-state index in [0.29, 0.717) is 38.0 Å². The molecular formula is C19H34N4O5S2. The van der Waals surface area contributed by atoms with E-state index < -0.39 is 47.9 Å². The number of thiol groups is 1. The van der Waals surface area contributed by atoms with Gasteiger partial charge in [0.2, 0.25) is 17.7 Å². The molecule has 0 saturated carbocycles. The monoisotopic (exact) mass is 462 g/mol. The lowest BCUT2D eigenvalue weighted by Crippen LogP contribution is -2.57. The van der Waals surface area contributed by atoms with E-state index in [9.17, 15) is 24.3 Å². The number of nitrogens with zero attached hydrogens (tertiary/aromatic N) is 1. The van der Waals surface area contributed by atoms with Gasteiger partial charge >= 0.3 is 5.97 Å². The summed E-state index contributed by atoms with van der Waals surface area (Å²) < 4.78 is 0. The Balaban J connectivity index is 2.79. The summed E-state index contributed by atoms with van der Waals surface area (Å²) in [5.41, 5.74) is 5.89. The van der Waals surface area contributed by atoms with E-state index in [4.69, 9.17) is 5.73 Å². The molecule has 4 unspecified atom stereocenters. The molecule has 172 valence electrons. The van der Waals surface area contributed by atoms with Crippen LogP contribution in [0.25, 0.3) is 0 Å². The van der Waals surface area contributed by atoms with Crippen molar-refractivity contribution in [2.45, 2.75) is 63.7 Å². The van der Waals surface area contributed by atoms with E-state index in [0.717, 1.165) is 0 Å². The van der Waals surface area contributed by atoms with Crippen LogP contribution in [0.5, 0.6) is 0 Å². The van der Waals surface area contributed by atoms with Crippen molar-refractivity contribution in [2.24, 2.45) is 11.7 Å². The number of carboxylic acid groups (broad SMARTS) is 1. The number of hydrogen-bond donors (Lipinski definition) is 5. The fourth-order valence-electron chi connectivity index (χ4n) is 3.34. The van der Waals surface area contributed by atoms with Crippen molar-refractivity contribution in [2.75, 3.05) is 24.3 Å². The number of carboxylic acids is 1. The van der Waals surface area contributed by atoms with Crippen LogP contribution in [0.2, 0.25) is 0 Å². The first-order valence-electron chi connectivity index (χ1n) is 10.1. The second kappa shape index (κ2) is 13.1. The minimum atomic E-state index is -1.10. The third-order valence-corrected chi connectivity index (χ3v) is 5.93. The molecule has 1 saturated heterocycles. The van der Waals surface area contributed by atoms with Crippen molar-refractivity contribution in [3.05, 3.63) is 0 Å². The summed E-state index contributed by atoms with van der Waals surface area (Å²) in [5.74, 6) is -1.55. The molecule has 0 aromatic carbocycles. The zero-order valence-electron chi connectivity index (χ0n) is 17.8. The molecule has 3 amide bonds. The largest absolute Gasteiger partial charge is 0.480 e. The van der Waals surface area contributed by atoms with Crippen molar-refractivity contribution >= 4 is 48.1 Å². The molecule has 5 N–H and O–H groups in total. The van der Waals surface area contributed by atoms with Crippen LogP contribution in [0.1, 0.15) is 39.5 Å². The Bertz CT molecular complexity index is 620. The van der Waals surface area contributed by atoms with Crippen LogP contribution in [-0.4, -0.2) is 82.2 Å². The molecule has 0 radical (unpaired) electrons. The summed E-state index contributed by atoms with van der Waals surface area (Å²) in [6.07, 6.45) is 3.70. The Morgan fingerprint density at radius 2 is 1.90 bits per heavy atom. The van der Waals surface area contributed by atoms with Crippen LogP contribution in [-0.2, 0) is 19.2 Å². The molecule has 1 fully saturated rings. The van der Waals surface area contributed by atoms with Gasteiger partial charge in [0.25, 0.3) is 0 Å². The number of nitrogens with two attached hydrogens (primary N) is 1. The van der Waals surface area contributed by atoms with Gasteiger partial charge in [-0.15, -0.1) is 0 Å². The topological polar surface area (TPSA) is 142 Å². The Hall–Kier alpha value is -1.46. The van der Waals surface area contributed by atoms with Crippen molar-refractivity contribution in [1.29, 1.82) is 0 Å². The van der Waals surface area contributed by atoms with E-state index in [-0.39, 0.29) is 11.7 Å². The van der Waals surface area contributed by atoms with Gasteiger partial charge in [-0.05, 0) is 43.6 Å². The average Bonchev–Trinajstić information content (AvgIpc) is 3.17. The third kappa shape index (κ3) is 7.99. The van der Waals surface area contributed by atoms with Gasteiger partial charge in [-0.25, -0.2) is 4.79 Å². The molecule has 0 spiro atoms. The van der Waals surface area contributed by atoms with Crippen LogP contribution in [0.15, 0.2) is 0 Å². The molecule has 1 rings (SSSR count). The van der Waals surface area contributed by atoms with Crippen LogP contribution >= 0.6 is 24.4 Å². The van der Waals surface area contributed by atoms with Crippen molar-refractivity contribution in [1.82, 2.24) is 15.5 Å². The molecule has 0 aliphatic carbocycles. The van der Waals surface area contributed by atoms with Gasteiger partial charge in [-0.2, -0.15) is 24.4 Å². The van der Waals surface area contributed by atoms with Gasteiger partial charge in [0.05, 0.1) is 6.04 Å². The molecule has 0 aromatic rings. The van der Waals surface area contributed by atoms with E-state index in [2.05, 4.69) is 23.3 Å². The summed E-state index contributed by atoms with van der Waals surface area (Å²) in [5, 5.41) is 14.5. The second-order valence-electron chi connectivity index (χ2n) is 7.85. The summed E-state index contributed by atoms with van der Waals surface area (Å²) in [6, 6.07) is -3.40. The van der Waals surface area contributed by atoms with Gasteiger partial charge in [-0.1, -0.05) is 13.8 Å². The lowest BCUT2D eigenvalue weighted by molar-refractivity contribution is -0.144. The summed E-state index contributed by atoms with van der Waals surface area (Å²) in [7, 11) is 0. The highest BCUT2D eigenvalue weighted by Crippen LogP contribution is 2.19. The highest BCUT2D eigenvalue weighted by Gasteiger charge is 2.38. The zero-order chi connectivity index (χ0) is 22.8. The number of thioether (sulfide) groups is 1. The molecule has 4 atom stereocenters. The highest BCUT2D eigenvalue weighted by atomic mass is 32.2. The van der Waals surface area contributed by atoms with Gasteiger partial charge in [-0.3, -0.25) is 14.4 Å². The highest BCUT2D eigenvalue weighted by molar-refractivity contribution is 7.98. The molecule has 1 aliphatic rings. The molecule has 1 heterocycles. The number of carbonyl (C=O) groups is 4. The maximum Gasteiger partial charge on any atom is 0.326 e. The Kier molecular flexibility index (Phi) is 11.6. The van der Waals surface area contributed by atoms with Crippen molar-refractivity contribution < 1.29 is 24.3 Å². The van der Waals surface area contributed by atoms with E-state index >= 15 is 0 Å². The molecule has 0 bridgehead atoms. The fourth-order valence-corrected chi connectivity index (χ4v) is 4.06. The third-order valence-electron chi connectivity index (χ3n) is 4.92. The van der Waals surface area contributed by atoms with Crippen LogP contribution < -0.4 is 16.4 Å². The van der Waals surface area contributed by atoms with Crippen molar-refractivity contribution in [3.8, 4) is 0 Å². The fraction of sp³-hybridized carbons (Fsp3) is 0.789. The maximum absolute atomic E-state index is 13.0. The Labute approximate surface area is 187 Å². The van der Waals surface area contributed by atoms with Crippen LogP contribution in [0.3, 0.4) is 0 Å². The number of amides is 3. The first kappa shape index (κ1) is 26.6. The predicted octanol–water partition coefficient (Wildman–Crippen LogP) is 0.0879. The number of rotatable bonds is 12. The molecule has 11 heteroatoms. The second-order valence-corrected chi connectivity index (χ2v) is 9.20. The number of aliphatic carboxylic acids is 1. The number of hydrogen-bond acceptors (Lipinski definition) is 7. The lowest BCUT2D eigenvalue weighted by atomic mass is 10.0. The van der Waals surface area contributed by atoms with E-state index in [1.165, 1.54) is 16.7 Å². The first-order chi connectivity index (χ1) is 14.1. The number of likely N-dealkylation sites (tertiary alicyclic amines) is 1. The summed E-state index contributed by atoms with van der Waals surface area (Å²) in [4.78, 5) is 50.8. The van der Waals surface area contributed by atoms with Gasteiger partial charge in [0.15, 0.2) is 0 Å².